The molecule has 26 heavy (non-hydrogen) atoms. The number of nitrogens with one attached hydrogen (secondary N) is 1. The number of benzene rings is 1. The minimum Gasteiger partial charge on any atom is -0.481 e. The predicted molar refractivity (Wildman–Crippen MR) is 100 cm³/mol. The minimum absolute atomic E-state index is 0.0771. The average molecular weight is 365 g/mol. The molecule has 6 heteroatoms. The van der Waals surface area contributed by atoms with E-state index >= 15 is 0 Å². The van der Waals surface area contributed by atoms with Crippen molar-refractivity contribution < 1.29 is 24.2 Å². The summed E-state index contributed by atoms with van der Waals surface area (Å²) in [5.74, 6) is -0.640. The fourth-order valence-corrected chi connectivity index (χ4v) is 2.50. The first kappa shape index (κ1) is 22.0. The van der Waals surface area contributed by atoms with Crippen LogP contribution in [0.5, 0.6) is 0 Å². The monoisotopic (exact) mass is 365 g/mol. The van der Waals surface area contributed by atoms with Gasteiger partial charge in [-0.3, -0.25) is 4.79 Å². The maximum atomic E-state index is 12.2. The summed E-state index contributed by atoms with van der Waals surface area (Å²) in [6, 6.07) is 8.91. The molecule has 0 saturated carbocycles. The Labute approximate surface area is 155 Å². The van der Waals surface area contributed by atoms with Gasteiger partial charge in [0.05, 0.1) is 0 Å². The highest BCUT2D eigenvalue weighted by Gasteiger charge is 2.41. The number of rotatable bonds is 9. The SMILES string of the molecule is CC(C)COCCC(CNC(=O)OC(C)(C)C)(C(=O)O)c1ccccc1. The molecule has 2 N–H and O–H groups in total. The standard InChI is InChI=1S/C20H31NO5/c1-15(2)13-25-12-11-20(17(22)23,16-9-7-6-8-10-16)14-21-18(24)26-19(3,4)5/h6-10,15H,11-14H2,1-5H3,(H,21,24)(H,22,23). The second-order valence-corrected chi connectivity index (χ2v) is 7.83. The summed E-state index contributed by atoms with van der Waals surface area (Å²) in [5, 5.41) is 12.6. The van der Waals surface area contributed by atoms with Crippen molar-refractivity contribution in [1.29, 1.82) is 0 Å². The Kier molecular flexibility index (Phi) is 8.08. The zero-order valence-electron chi connectivity index (χ0n) is 16.4. The molecular formula is C20H31NO5. The van der Waals surface area contributed by atoms with E-state index in [9.17, 15) is 14.7 Å². The van der Waals surface area contributed by atoms with Crippen molar-refractivity contribution in [2.75, 3.05) is 19.8 Å². The number of hydrogen-bond acceptors (Lipinski definition) is 4. The average Bonchev–Trinajstić information content (AvgIpc) is 2.53. The molecule has 1 rings (SSSR count). The fourth-order valence-electron chi connectivity index (χ4n) is 2.50. The molecule has 6 nitrogen and oxygen atoms in total. The van der Waals surface area contributed by atoms with E-state index in [4.69, 9.17) is 9.47 Å². The van der Waals surface area contributed by atoms with Crippen molar-refractivity contribution >= 4 is 12.1 Å². The Hall–Kier alpha value is -2.08. The van der Waals surface area contributed by atoms with Gasteiger partial charge in [-0.2, -0.15) is 0 Å². The molecule has 0 aliphatic carbocycles. The number of ether oxygens (including phenoxy) is 2. The van der Waals surface area contributed by atoms with E-state index < -0.39 is 23.1 Å². The van der Waals surface area contributed by atoms with Crippen LogP contribution >= 0.6 is 0 Å². The summed E-state index contributed by atoms with van der Waals surface area (Å²) in [4.78, 5) is 24.2. The van der Waals surface area contributed by atoms with Crippen LogP contribution in [0.3, 0.4) is 0 Å². The lowest BCUT2D eigenvalue weighted by Gasteiger charge is -2.31. The molecule has 0 fully saturated rings. The molecule has 0 radical (unpaired) electrons. The molecule has 0 spiro atoms. The highest BCUT2D eigenvalue weighted by molar-refractivity contribution is 5.82. The van der Waals surface area contributed by atoms with Crippen LogP contribution in [-0.2, 0) is 19.7 Å². The van der Waals surface area contributed by atoms with Gasteiger partial charge in [-0.15, -0.1) is 0 Å². The van der Waals surface area contributed by atoms with Gasteiger partial charge < -0.3 is 19.9 Å². The molecule has 0 aliphatic rings. The van der Waals surface area contributed by atoms with Crippen LogP contribution in [0.25, 0.3) is 0 Å². The molecule has 0 aliphatic heterocycles. The number of carbonyl (C=O) groups is 2. The van der Waals surface area contributed by atoms with Crippen LogP contribution in [-0.4, -0.2) is 42.5 Å². The maximum Gasteiger partial charge on any atom is 0.407 e. The summed E-state index contributed by atoms with van der Waals surface area (Å²) >= 11 is 0. The van der Waals surface area contributed by atoms with Crippen molar-refractivity contribution in [3.63, 3.8) is 0 Å². The van der Waals surface area contributed by atoms with E-state index in [0.29, 0.717) is 18.1 Å². The lowest BCUT2D eigenvalue weighted by atomic mass is 9.77. The summed E-state index contributed by atoms with van der Waals surface area (Å²) < 4.78 is 10.8. The van der Waals surface area contributed by atoms with Crippen LogP contribution in [0.4, 0.5) is 4.79 Å². The van der Waals surface area contributed by atoms with E-state index in [2.05, 4.69) is 5.32 Å². The van der Waals surface area contributed by atoms with Crippen molar-refractivity contribution in [3.05, 3.63) is 35.9 Å². The topological polar surface area (TPSA) is 84.9 Å². The van der Waals surface area contributed by atoms with Crippen molar-refractivity contribution in [2.24, 2.45) is 5.92 Å². The second kappa shape index (κ2) is 9.57. The van der Waals surface area contributed by atoms with E-state index in [-0.39, 0.29) is 19.6 Å². The van der Waals surface area contributed by atoms with Gasteiger partial charge in [0.15, 0.2) is 0 Å². The molecule has 0 aromatic heterocycles. The fraction of sp³-hybridized carbons (Fsp3) is 0.600. The third-order valence-electron chi connectivity index (χ3n) is 3.79. The van der Waals surface area contributed by atoms with Gasteiger partial charge in [0, 0.05) is 19.8 Å². The first-order valence-corrected chi connectivity index (χ1v) is 8.90. The van der Waals surface area contributed by atoms with E-state index in [1.165, 1.54) is 0 Å². The Bertz CT molecular complexity index is 580. The number of amides is 1. The van der Waals surface area contributed by atoms with E-state index in [0.717, 1.165) is 0 Å². The summed E-state index contributed by atoms with van der Waals surface area (Å²) in [5.41, 5.74) is -1.31. The van der Waals surface area contributed by atoms with Crippen molar-refractivity contribution in [3.8, 4) is 0 Å². The third kappa shape index (κ3) is 7.04. The zero-order valence-corrected chi connectivity index (χ0v) is 16.4. The molecule has 0 saturated heterocycles. The molecule has 0 heterocycles. The van der Waals surface area contributed by atoms with Crippen LogP contribution < -0.4 is 5.32 Å². The first-order chi connectivity index (χ1) is 12.1. The zero-order chi connectivity index (χ0) is 19.8. The third-order valence-corrected chi connectivity index (χ3v) is 3.79. The summed E-state index contributed by atoms with van der Waals surface area (Å²) in [7, 11) is 0. The van der Waals surface area contributed by atoms with Gasteiger partial charge in [-0.05, 0) is 38.7 Å². The Balaban J connectivity index is 2.95. The molecular weight excluding hydrogens is 334 g/mol. The van der Waals surface area contributed by atoms with E-state index in [1.807, 2.05) is 19.9 Å². The number of carboxylic acid groups (broad SMARTS) is 1. The van der Waals surface area contributed by atoms with E-state index in [1.54, 1.807) is 45.0 Å². The van der Waals surface area contributed by atoms with Gasteiger partial charge >= 0.3 is 12.1 Å². The molecule has 1 unspecified atom stereocenters. The van der Waals surface area contributed by atoms with Crippen LogP contribution in [0.2, 0.25) is 0 Å². The molecule has 1 amide bonds. The van der Waals surface area contributed by atoms with Crippen LogP contribution in [0, 0.1) is 5.92 Å². The highest BCUT2D eigenvalue weighted by Crippen LogP contribution is 2.28. The highest BCUT2D eigenvalue weighted by atomic mass is 16.6. The maximum absolute atomic E-state index is 12.2. The van der Waals surface area contributed by atoms with Gasteiger partial charge in [-0.1, -0.05) is 44.2 Å². The van der Waals surface area contributed by atoms with Gasteiger partial charge in [0.1, 0.15) is 11.0 Å². The lowest BCUT2D eigenvalue weighted by molar-refractivity contribution is -0.144. The number of aliphatic carboxylic acids is 1. The van der Waals surface area contributed by atoms with Gasteiger partial charge in [0.25, 0.3) is 0 Å². The lowest BCUT2D eigenvalue weighted by Crippen LogP contribution is -2.48. The van der Waals surface area contributed by atoms with Crippen molar-refractivity contribution in [2.45, 2.75) is 52.1 Å². The molecule has 1 aromatic rings. The predicted octanol–water partition coefficient (Wildman–Crippen LogP) is 3.60. The molecule has 1 atom stereocenters. The molecule has 0 bridgehead atoms. The summed E-state index contributed by atoms with van der Waals surface area (Å²) in [6.07, 6.45) is -0.392. The first-order valence-electron chi connectivity index (χ1n) is 8.90. The smallest absolute Gasteiger partial charge is 0.407 e. The summed E-state index contributed by atoms with van der Waals surface area (Å²) in [6.45, 7) is 10.1. The molecule has 1 aromatic carbocycles. The van der Waals surface area contributed by atoms with Gasteiger partial charge in [-0.25, -0.2) is 4.79 Å². The van der Waals surface area contributed by atoms with Crippen LogP contribution in [0.15, 0.2) is 30.3 Å². The van der Waals surface area contributed by atoms with Crippen molar-refractivity contribution in [1.82, 2.24) is 5.32 Å². The number of hydrogen-bond donors (Lipinski definition) is 2. The largest absolute Gasteiger partial charge is 0.481 e. The Morgan fingerprint density at radius 2 is 1.77 bits per heavy atom. The number of carboxylic acids is 1. The normalized spacial score (nSPS) is 13.9. The number of carbonyl (C=O) groups excluding carboxylic acids is 1. The Morgan fingerprint density at radius 3 is 2.27 bits per heavy atom. The minimum atomic E-state index is -1.28. The number of alkyl carbamates (subject to hydrolysis) is 1. The molecule has 146 valence electrons. The second-order valence-electron chi connectivity index (χ2n) is 7.83. The van der Waals surface area contributed by atoms with Gasteiger partial charge in [0.2, 0.25) is 0 Å². The van der Waals surface area contributed by atoms with Crippen LogP contribution in [0.1, 0.15) is 46.6 Å². The quantitative estimate of drug-likeness (QED) is 0.653. The Morgan fingerprint density at radius 1 is 1.15 bits per heavy atom.